The number of amides is 1. The number of carboxylic acids is 1. The van der Waals surface area contributed by atoms with Crippen LogP contribution in [0.25, 0.3) is 0 Å². The molecule has 92 valence electrons. The Labute approximate surface area is 100 Å². The van der Waals surface area contributed by atoms with Gasteiger partial charge in [0.25, 0.3) is 0 Å². The van der Waals surface area contributed by atoms with Crippen molar-refractivity contribution in [2.24, 2.45) is 5.41 Å². The molecular weight excluding hydrogens is 226 g/mol. The smallest absolute Gasteiger partial charge is 0.318 e. The molecular formula is C11H19NO3S. The maximum absolute atomic E-state index is 12.2. The lowest BCUT2D eigenvalue weighted by Crippen LogP contribution is -2.54. The Hall–Kier alpha value is -0.710. The maximum Gasteiger partial charge on any atom is 0.318 e. The van der Waals surface area contributed by atoms with E-state index in [1.54, 1.807) is 4.90 Å². The number of hydrogen-bond donors (Lipinski definition) is 1. The van der Waals surface area contributed by atoms with Crippen LogP contribution in [0.3, 0.4) is 0 Å². The van der Waals surface area contributed by atoms with Gasteiger partial charge in [0.2, 0.25) is 5.91 Å². The third kappa shape index (κ3) is 2.34. The Morgan fingerprint density at radius 2 is 1.94 bits per heavy atom. The van der Waals surface area contributed by atoms with Crippen LogP contribution in [0, 0.1) is 5.41 Å². The zero-order valence-electron chi connectivity index (χ0n) is 10.2. The van der Waals surface area contributed by atoms with E-state index in [0.717, 1.165) is 5.75 Å². The largest absolute Gasteiger partial charge is 0.480 e. The van der Waals surface area contributed by atoms with Gasteiger partial charge in [-0.25, -0.2) is 0 Å². The zero-order chi connectivity index (χ0) is 12.5. The van der Waals surface area contributed by atoms with Gasteiger partial charge in [-0.05, 0) is 20.8 Å². The van der Waals surface area contributed by atoms with Crippen LogP contribution in [-0.2, 0) is 9.59 Å². The normalized spacial score (nSPS) is 26.6. The Morgan fingerprint density at radius 1 is 1.38 bits per heavy atom. The molecule has 0 aliphatic carbocycles. The molecule has 0 aromatic rings. The first-order valence-electron chi connectivity index (χ1n) is 5.44. The quantitative estimate of drug-likeness (QED) is 0.748. The van der Waals surface area contributed by atoms with E-state index in [-0.39, 0.29) is 11.9 Å². The third-order valence-corrected chi connectivity index (χ3v) is 4.55. The van der Waals surface area contributed by atoms with Crippen molar-refractivity contribution < 1.29 is 14.7 Å². The highest BCUT2D eigenvalue weighted by atomic mass is 32.2. The monoisotopic (exact) mass is 245 g/mol. The van der Waals surface area contributed by atoms with Gasteiger partial charge in [0.05, 0.1) is 0 Å². The van der Waals surface area contributed by atoms with Crippen molar-refractivity contribution in [3.8, 4) is 0 Å². The molecule has 0 spiro atoms. The molecule has 1 heterocycles. The topological polar surface area (TPSA) is 57.6 Å². The fourth-order valence-corrected chi connectivity index (χ4v) is 2.77. The number of hydrogen-bond acceptors (Lipinski definition) is 3. The van der Waals surface area contributed by atoms with Crippen molar-refractivity contribution in [3.63, 3.8) is 0 Å². The van der Waals surface area contributed by atoms with Crippen LogP contribution in [0.2, 0.25) is 0 Å². The van der Waals surface area contributed by atoms with Gasteiger partial charge in [-0.1, -0.05) is 6.92 Å². The van der Waals surface area contributed by atoms with E-state index < -0.39 is 11.4 Å². The van der Waals surface area contributed by atoms with E-state index >= 15 is 0 Å². The molecule has 5 heteroatoms. The predicted molar refractivity (Wildman–Crippen MR) is 64.5 cm³/mol. The molecule has 1 aliphatic rings. The van der Waals surface area contributed by atoms with E-state index in [4.69, 9.17) is 5.11 Å². The number of carbonyl (C=O) groups excluding carboxylic acids is 1. The molecule has 1 saturated heterocycles. The van der Waals surface area contributed by atoms with E-state index in [1.165, 1.54) is 13.8 Å². The molecule has 0 aromatic heterocycles. The highest BCUT2D eigenvalue weighted by molar-refractivity contribution is 8.00. The summed E-state index contributed by atoms with van der Waals surface area (Å²) in [7, 11) is 0. The Bertz CT molecular complexity index is 304. The van der Waals surface area contributed by atoms with Crippen LogP contribution in [0.5, 0.6) is 0 Å². The van der Waals surface area contributed by atoms with Gasteiger partial charge in [-0.3, -0.25) is 9.59 Å². The highest BCUT2D eigenvalue weighted by Gasteiger charge is 2.42. The predicted octanol–water partition coefficient (Wildman–Crippen LogP) is 1.45. The van der Waals surface area contributed by atoms with Gasteiger partial charge < -0.3 is 10.0 Å². The van der Waals surface area contributed by atoms with Crippen LogP contribution in [0.15, 0.2) is 0 Å². The van der Waals surface area contributed by atoms with Crippen molar-refractivity contribution >= 4 is 23.6 Å². The Morgan fingerprint density at radius 3 is 2.44 bits per heavy atom. The summed E-state index contributed by atoms with van der Waals surface area (Å²) in [5, 5.41) is 9.41. The minimum absolute atomic E-state index is 0.102. The highest BCUT2D eigenvalue weighted by Crippen LogP contribution is 2.28. The van der Waals surface area contributed by atoms with Crippen LogP contribution < -0.4 is 0 Å². The SMILES string of the molecule is CC1SCCN(C(=O)C(C)(C)C(=O)O)C1C. The van der Waals surface area contributed by atoms with Crippen molar-refractivity contribution in [2.75, 3.05) is 12.3 Å². The van der Waals surface area contributed by atoms with Gasteiger partial charge in [-0.15, -0.1) is 0 Å². The molecule has 1 rings (SSSR count). The van der Waals surface area contributed by atoms with Crippen molar-refractivity contribution in [1.82, 2.24) is 4.90 Å². The van der Waals surface area contributed by atoms with Gasteiger partial charge in [-0.2, -0.15) is 11.8 Å². The van der Waals surface area contributed by atoms with E-state index in [9.17, 15) is 9.59 Å². The summed E-state index contributed by atoms with van der Waals surface area (Å²) in [6.45, 7) is 7.63. The fourth-order valence-electron chi connectivity index (χ4n) is 1.67. The molecule has 0 aromatic carbocycles. The Balaban J connectivity index is 2.84. The minimum Gasteiger partial charge on any atom is -0.480 e. The van der Waals surface area contributed by atoms with Crippen LogP contribution in [-0.4, -0.2) is 45.5 Å². The molecule has 0 radical (unpaired) electrons. The number of rotatable bonds is 2. The molecule has 1 fully saturated rings. The summed E-state index contributed by atoms with van der Waals surface area (Å²) in [6.07, 6.45) is 0. The minimum atomic E-state index is -1.32. The van der Waals surface area contributed by atoms with E-state index in [1.807, 2.05) is 18.7 Å². The maximum atomic E-state index is 12.2. The zero-order valence-corrected chi connectivity index (χ0v) is 11.0. The second-order valence-electron chi connectivity index (χ2n) is 4.75. The summed E-state index contributed by atoms with van der Waals surface area (Å²) in [4.78, 5) is 24.9. The molecule has 0 saturated carbocycles. The lowest BCUT2D eigenvalue weighted by atomic mass is 9.91. The first-order chi connectivity index (χ1) is 7.28. The van der Waals surface area contributed by atoms with E-state index in [2.05, 4.69) is 6.92 Å². The Kier molecular flexibility index (Phi) is 3.88. The van der Waals surface area contributed by atoms with Gasteiger partial charge in [0.15, 0.2) is 0 Å². The summed E-state index contributed by atoms with van der Waals surface area (Å²) in [6, 6.07) is 0.102. The average Bonchev–Trinajstić information content (AvgIpc) is 2.21. The molecule has 0 bridgehead atoms. The number of aliphatic carboxylic acids is 1. The molecule has 1 aliphatic heterocycles. The lowest BCUT2D eigenvalue weighted by molar-refractivity contribution is -0.159. The fraction of sp³-hybridized carbons (Fsp3) is 0.818. The second-order valence-corrected chi connectivity index (χ2v) is 6.23. The van der Waals surface area contributed by atoms with Gasteiger partial charge in [0.1, 0.15) is 5.41 Å². The number of thioether (sulfide) groups is 1. The van der Waals surface area contributed by atoms with Gasteiger partial charge in [0, 0.05) is 23.6 Å². The van der Waals surface area contributed by atoms with E-state index in [0.29, 0.717) is 11.8 Å². The van der Waals surface area contributed by atoms with Crippen molar-refractivity contribution in [1.29, 1.82) is 0 Å². The summed E-state index contributed by atoms with van der Waals surface area (Å²) in [5.41, 5.74) is -1.32. The summed E-state index contributed by atoms with van der Waals surface area (Å²) >= 11 is 1.83. The first kappa shape index (κ1) is 13.4. The average molecular weight is 245 g/mol. The number of carboxylic acid groups (broad SMARTS) is 1. The number of carbonyl (C=O) groups is 2. The number of nitrogens with zero attached hydrogens (tertiary/aromatic N) is 1. The van der Waals surface area contributed by atoms with Gasteiger partial charge >= 0.3 is 5.97 Å². The molecule has 4 nitrogen and oxygen atoms in total. The summed E-state index contributed by atoms with van der Waals surface area (Å²) in [5.74, 6) is -0.456. The van der Waals surface area contributed by atoms with Crippen LogP contribution in [0.1, 0.15) is 27.7 Å². The standard InChI is InChI=1S/C11H19NO3S/c1-7-8(2)16-6-5-12(7)9(13)11(3,4)10(14)15/h7-8H,5-6H2,1-4H3,(H,14,15). The van der Waals surface area contributed by atoms with Crippen molar-refractivity contribution in [2.45, 2.75) is 39.0 Å². The lowest BCUT2D eigenvalue weighted by Gasteiger charge is -2.40. The van der Waals surface area contributed by atoms with Crippen LogP contribution >= 0.6 is 11.8 Å². The van der Waals surface area contributed by atoms with Crippen LogP contribution in [0.4, 0.5) is 0 Å². The van der Waals surface area contributed by atoms with Crippen molar-refractivity contribution in [3.05, 3.63) is 0 Å². The molecule has 2 atom stereocenters. The third-order valence-electron chi connectivity index (χ3n) is 3.21. The summed E-state index contributed by atoms with van der Waals surface area (Å²) < 4.78 is 0. The molecule has 1 N–H and O–H groups in total. The molecule has 1 amide bonds. The molecule has 2 unspecified atom stereocenters. The second kappa shape index (κ2) is 4.65. The first-order valence-corrected chi connectivity index (χ1v) is 6.49. The molecule has 16 heavy (non-hydrogen) atoms.